The van der Waals surface area contributed by atoms with Crippen molar-refractivity contribution in [3.8, 4) is 0 Å². The molecular weight excluding hydrogens is 296 g/mol. The molecule has 2 aromatic rings. The summed E-state index contributed by atoms with van der Waals surface area (Å²) in [6.07, 6.45) is 5.24. The quantitative estimate of drug-likeness (QED) is 0.877. The number of fused-ring (bicyclic) bond motifs is 1. The van der Waals surface area contributed by atoms with Crippen LogP contribution in [0, 0.1) is 11.8 Å². The second-order valence-corrected chi connectivity index (χ2v) is 5.92. The van der Waals surface area contributed by atoms with Crippen LogP contribution in [0.4, 0.5) is 0 Å². The Bertz CT molecular complexity index is 709. The van der Waals surface area contributed by atoms with Crippen molar-refractivity contribution in [1.82, 2.24) is 10.3 Å². The highest BCUT2D eigenvalue weighted by atomic mass is 16.5. The highest BCUT2D eigenvalue weighted by Gasteiger charge is 2.31. The van der Waals surface area contributed by atoms with Crippen LogP contribution in [0.1, 0.15) is 36.0 Å². The molecule has 0 radical (unpaired) electrons. The van der Waals surface area contributed by atoms with Gasteiger partial charge >= 0.3 is 5.97 Å². The summed E-state index contributed by atoms with van der Waals surface area (Å²) in [5, 5.41) is 2.93. The van der Waals surface area contributed by atoms with Gasteiger partial charge in [-0.15, -0.1) is 0 Å². The van der Waals surface area contributed by atoms with Gasteiger partial charge in [-0.25, -0.2) is 4.98 Å². The van der Waals surface area contributed by atoms with Crippen LogP contribution in [0.15, 0.2) is 29.0 Å². The average Bonchev–Trinajstić information content (AvgIpc) is 3.06. The van der Waals surface area contributed by atoms with Crippen molar-refractivity contribution in [3.63, 3.8) is 0 Å². The lowest BCUT2D eigenvalue weighted by molar-refractivity contribution is -0.148. The van der Waals surface area contributed by atoms with Crippen LogP contribution in [0.3, 0.4) is 0 Å². The molecule has 0 aliphatic heterocycles. The van der Waals surface area contributed by atoms with Gasteiger partial charge in [-0.05, 0) is 37.0 Å². The minimum Gasteiger partial charge on any atom is -0.469 e. The SMILES string of the molecule is COC(=O)C1CCCCC1CNC(=O)c1ccc2ocnc2c1. The molecule has 1 saturated carbocycles. The number of ether oxygens (including phenoxy) is 1. The second-order valence-electron chi connectivity index (χ2n) is 5.92. The number of oxazole rings is 1. The maximum absolute atomic E-state index is 12.3. The highest BCUT2D eigenvalue weighted by Crippen LogP contribution is 2.30. The Hall–Kier alpha value is -2.37. The number of methoxy groups -OCH3 is 1. The largest absolute Gasteiger partial charge is 0.469 e. The molecule has 0 spiro atoms. The second kappa shape index (κ2) is 6.81. The first-order valence-electron chi connectivity index (χ1n) is 7.88. The fourth-order valence-corrected chi connectivity index (χ4v) is 3.24. The number of carbonyl (C=O) groups is 2. The number of benzene rings is 1. The fraction of sp³-hybridized carbons (Fsp3) is 0.471. The number of nitrogens with zero attached hydrogens (tertiary/aromatic N) is 1. The number of nitrogens with one attached hydrogen (secondary N) is 1. The summed E-state index contributed by atoms with van der Waals surface area (Å²) in [4.78, 5) is 28.2. The van der Waals surface area contributed by atoms with E-state index in [0.29, 0.717) is 23.2 Å². The zero-order valence-electron chi connectivity index (χ0n) is 13.1. The van der Waals surface area contributed by atoms with E-state index >= 15 is 0 Å². The molecule has 0 saturated heterocycles. The Labute approximate surface area is 134 Å². The van der Waals surface area contributed by atoms with Crippen molar-refractivity contribution in [2.24, 2.45) is 11.8 Å². The van der Waals surface area contributed by atoms with Crippen LogP contribution in [0.5, 0.6) is 0 Å². The van der Waals surface area contributed by atoms with Crippen LogP contribution in [0.2, 0.25) is 0 Å². The molecule has 0 bridgehead atoms. The normalized spacial score (nSPS) is 21.1. The zero-order valence-corrected chi connectivity index (χ0v) is 13.1. The van der Waals surface area contributed by atoms with E-state index in [4.69, 9.17) is 9.15 Å². The molecule has 6 nitrogen and oxygen atoms in total. The summed E-state index contributed by atoms with van der Waals surface area (Å²) < 4.78 is 10.0. The first-order chi connectivity index (χ1) is 11.2. The fourth-order valence-electron chi connectivity index (χ4n) is 3.24. The number of hydrogen-bond donors (Lipinski definition) is 1. The van der Waals surface area contributed by atoms with Crippen LogP contribution >= 0.6 is 0 Å². The van der Waals surface area contributed by atoms with E-state index in [9.17, 15) is 9.59 Å². The lowest BCUT2D eigenvalue weighted by atomic mass is 9.79. The number of amides is 1. The smallest absolute Gasteiger partial charge is 0.309 e. The van der Waals surface area contributed by atoms with Crippen LogP contribution < -0.4 is 5.32 Å². The van der Waals surface area contributed by atoms with Gasteiger partial charge in [0.05, 0.1) is 13.0 Å². The molecule has 1 amide bonds. The molecule has 1 aliphatic rings. The van der Waals surface area contributed by atoms with Gasteiger partial charge in [0.25, 0.3) is 5.91 Å². The third-order valence-corrected chi connectivity index (χ3v) is 4.53. The van der Waals surface area contributed by atoms with Gasteiger partial charge in [0.1, 0.15) is 5.52 Å². The summed E-state index contributed by atoms with van der Waals surface area (Å²) >= 11 is 0. The summed E-state index contributed by atoms with van der Waals surface area (Å²) in [7, 11) is 1.42. The molecule has 1 N–H and O–H groups in total. The first-order valence-corrected chi connectivity index (χ1v) is 7.88. The Morgan fingerprint density at radius 2 is 2.17 bits per heavy atom. The van der Waals surface area contributed by atoms with Crippen LogP contribution in [0.25, 0.3) is 11.1 Å². The van der Waals surface area contributed by atoms with E-state index in [0.717, 1.165) is 25.7 Å². The Morgan fingerprint density at radius 1 is 1.35 bits per heavy atom. The molecule has 1 aromatic heterocycles. The van der Waals surface area contributed by atoms with E-state index < -0.39 is 0 Å². The van der Waals surface area contributed by atoms with E-state index in [1.54, 1.807) is 18.2 Å². The van der Waals surface area contributed by atoms with E-state index in [1.807, 2.05) is 0 Å². The number of rotatable bonds is 4. The number of hydrogen-bond acceptors (Lipinski definition) is 5. The molecule has 2 atom stereocenters. The van der Waals surface area contributed by atoms with Gasteiger partial charge in [0.15, 0.2) is 12.0 Å². The molecule has 1 aromatic carbocycles. The topological polar surface area (TPSA) is 81.4 Å². The molecule has 122 valence electrons. The predicted octanol–water partition coefficient (Wildman–Crippen LogP) is 2.54. The van der Waals surface area contributed by atoms with E-state index in [1.165, 1.54) is 13.5 Å². The third-order valence-electron chi connectivity index (χ3n) is 4.53. The van der Waals surface area contributed by atoms with Crippen molar-refractivity contribution in [2.45, 2.75) is 25.7 Å². The Morgan fingerprint density at radius 3 is 3.00 bits per heavy atom. The van der Waals surface area contributed by atoms with Gasteiger partial charge in [-0.1, -0.05) is 12.8 Å². The van der Waals surface area contributed by atoms with Crippen molar-refractivity contribution in [3.05, 3.63) is 30.2 Å². The summed E-state index contributed by atoms with van der Waals surface area (Å²) in [6, 6.07) is 5.14. The molecule has 1 heterocycles. The molecule has 3 rings (SSSR count). The highest BCUT2D eigenvalue weighted by molar-refractivity contribution is 5.97. The number of carbonyl (C=O) groups excluding carboxylic acids is 2. The lowest BCUT2D eigenvalue weighted by Gasteiger charge is -2.29. The van der Waals surface area contributed by atoms with Crippen molar-refractivity contribution < 1.29 is 18.7 Å². The Kier molecular flexibility index (Phi) is 4.60. The average molecular weight is 316 g/mol. The molecule has 1 aliphatic carbocycles. The Balaban J connectivity index is 1.64. The van der Waals surface area contributed by atoms with E-state index in [2.05, 4.69) is 10.3 Å². The standard InChI is InChI=1S/C17H20N2O4/c1-22-17(21)13-5-3-2-4-12(13)9-18-16(20)11-6-7-15-14(8-11)19-10-23-15/h6-8,10,12-13H,2-5,9H2,1H3,(H,18,20). The monoisotopic (exact) mass is 316 g/mol. The number of esters is 1. The minimum atomic E-state index is -0.173. The van der Waals surface area contributed by atoms with Crippen molar-refractivity contribution in [2.75, 3.05) is 13.7 Å². The molecule has 2 unspecified atom stereocenters. The molecule has 23 heavy (non-hydrogen) atoms. The van der Waals surface area contributed by atoms with E-state index in [-0.39, 0.29) is 23.7 Å². The first kappa shape index (κ1) is 15.5. The summed E-state index contributed by atoms with van der Waals surface area (Å²) in [6.45, 7) is 0.482. The summed E-state index contributed by atoms with van der Waals surface area (Å²) in [5.41, 5.74) is 1.85. The lowest BCUT2D eigenvalue weighted by Crippen LogP contribution is -2.37. The van der Waals surface area contributed by atoms with Gasteiger partial charge in [-0.3, -0.25) is 9.59 Å². The van der Waals surface area contributed by atoms with Gasteiger partial charge in [0.2, 0.25) is 0 Å². The van der Waals surface area contributed by atoms with Gasteiger partial charge < -0.3 is 14.5 Å². The predicted molar refractivity (Wildman–Crippen MR) is 83.8 cm³/mol. The number of aromatic nitrogens is 1. The molecule has 1 fully saturated rings. The van der Waals surface area contributed by atoms with Crippen LogP contribution in [-0.2, 0) is 9.53 Å². The maximum atomic E-state index is 12.3. The van der Waals surface area contributed by atoms with Gasteiger partial charge in [-0.2, -0.15) is 0 Å². The zero-order chi connectivity index (χ0) is 16.2. The third kappa shape index (κ3) is 3.36. The van der Waals surface area contributed by atoms with Crippen molar-refractivity contribution in [1.29, 1.82) is 0 Å². The van der Waals surface area contributed by atoms with Crippen LogP contribution in [-0.4, -0.2) is 30.5 Å². The maximum Gasteiger partial charge on any atom is 0.309 e. The molecular formula is C17H20N2O4. The summed E-state index contributed by atoms with van der Waals surface area (Å²) in [5.74, 6) is -0.319. The molecule has 6 heteroatoms. The van der Waals surface area contributed by atoms with Gasteiger partial charge in [0, 0.05) is 12.1 Å². The van der Waals surface area contributed by atoms with Crippen molar-refractivity contribution >= 4 is 23.0 Å². The minimum absolute atomic E-state index is 0.118.